The van der Waals surface area contributed by atoms with Crippen LogP contribution in [-0.2, 0) is 9.59 Å². The fourth-order valence-corrected chi connectivity index (χ4v) is 4.32. The van der Waals surface area contributed by atoms with Crippen LogP contribution in [0.2, 0.25) is 0 Å². The number of carboxylic acid groups (broad SMARTS) is 1. The maximum absolute atomic E-state index is 12.9. The third-order valence-electron chi connectivity index (χ3n) is 5.43. The van der Waals surface area contributed by atoms with Crippen molar-refractivity contribution in [3.8, 4) is 5.75 Å². The van der Waals surface area contributed by atoms with Crippen LogP contribution < -0.4 is 9.64 Å². The molecule has 0 spiro atoms. The standard InChI is InChI=1S/C18H17NO5/c1-24-13-8-11(6-7-12(13)18(22)23)19-16(20)14-9-2-3-10(5-4-9)15(14)17(19)21/h2-3,6-10,14-15H,4-5H2,1H3,(H,22,23)/t9-,10+,14-,15+. The number of fused-ring (bicyclic) bond motifs is 1. The number of anilines is 1. The highest BCUT2D eigenvalue weighted by Gasteiger charge is 2.56. The lowest BCUT2D eigenvalue weighted by Crippen LogP contribution is -2.38. The number of rotatable bonds is 3. The van der Waals surface area contributed by atoms with Gasteiger partial charge in [-0.3, -0.25) is 9.59 Å². The Balaban J connectivity index is 1.74. The van der Waals surface area contributed by atoms with Crippen molar-refractivity contribution in [3.05, 3.63) is 35.9 Å². The molecule has 1 heterocycles. The molecular formula is C18H17NO5. The number of amides is 2. The molecule has 1 aromatic carbocycles. The van der Waals surface area contributed by atoms with E-state index in [0.29, 0.717) is 5.69 Å². The third-order valence-corrected chi connectivity index (χ3v) is 5.43. The van der Waals surface area contributed by atoms with E-state index in [-0.39, 0.29) is 46.8 Å². The Morgan fingerprint density at radius 1 is 1.12 bits per heavy atom. The molecule has 6 nitrogen and oxygen atoms in total. The molecule has 3 aliphatic carbocycles. The van der Waals surface area contributed by atoms with Crippen LogP contribution in [0, 0.1) is 23.7 Å². The first-order valence-electron chi connectivity index (χ1n) is 8.00. The van der Waals surface area contributed by atoms with Gasteiger partial charge in [0, 0.05) is 6.07 Å². The number of hydrogen-bond donors (Lipinski definition) is 1. The van der Waals surface area contributed by atoms with E-state index >= 15 is 0 Å². The number of benzene rings is 1. The zero-order chi connectivity index (χ0) is 17.0. The summed E-state index contributed by atoms with van der Waals surface area (Å²) in [5, 5.41) is 9.17. The van der Waals surface area contributed by atoms with Crippen molar-refractivity contribution in [1.29, 1.82) is 0 Å². The van der Waals surface area contributed by atoms with Crippen LogP contribution in [-0.4, -0.2) is 30.0 Å². The fourth-order valence-electron chi connectivity index (χ4n) is 4.32. The van der Waals surface area contributed by atoms with Gasteiger partial charge in [0.15, 0.2) is 0 Å². The van der Waals surface area contributed by atoms with E-state index in [4.69, 9.17) is 9.84 Å². The minimum Gasteiger partial charge on any atom is -0.496 e. The quantitative estimate of drug-likeness (QED) is 0.679. The molecule has 2 bridgehead atoms. The molecule has 1 aromatic rings. The van der Waals surface area contributed by atoms with E-state index in [9.17, 15) is 14.4 Å². The molecule has 2 amide bonds. The van der Waals surface area contributed by atoms with Gasteiger partial charge in [0.25, 0.3) is 0 Å². The number of carboxylic acids is 1. The molecule has 4 atom stereocenters. The molecule has 4 aliphatic rings. The average molecular weight is 327 g/mol. The number of carbonyl (C=O) groups excluding carboxylic acids is 2. The molecule has 1 N–H and O–H groups in total. The number of ether oxygens (including phenoxy) is 1. The third kappa shape index (κ3) is 1.92. The van der Waals surface area contributed by atoms with Crippen molar-refractivity contribution < 1.29 is 24.2 Å². The second-order valence-electron chi connectivity index (χ2n) is 6.54. The summed E-state index contributed by atoms with van der Waals surface area (Å²) in [5.74, 6) is -1.67. The average Bonchev–Trinajstić information content (AvgIpc) is 2.88. The minimum absolute atomic E-state index is 0.000465. The molecule has 0 aromatic heterocycles. The van der Waals surface area contributed by atoms with Crippen LogP contribution in [0.15, 0.2) is 30.4 Å². The number of aromatic carboxylic acids is 1. The Hall–Kier alpha value is -2.63. The van der Waals surface area contributed by atoms with E-state index in [1.165, 1.54) is 30.2 Å². The first-order valence-corrected chi connectivity index (χ1v) is 8.00. The molecule has 1 saturated carbocycles. The van der Waals surface area contributed by atoms with E-state index < -0.39 is 5.97 Å². The second kappa shape index (κ2) is 5.19. The van der Waals surface area contributed by atoms with Gasteiger partial charge in [-0.15, -0.1) is 0 Å². The van der Waals surface area contributed by atoms with Crippen LogP contribution in [0.4, 0.5) is 5.69 Å². The van der Waals surface area contributed by atoms with Crippen LogP contribution in [0.1, 0.15) is 23.2 Å². The molecule has 5 rings (SSSR count). The molecule has 124 valence electrons. The van der Waals surface area contributed by atoms with Crippen molar-refractivity contribution in [2.75, 3.05) is 12.0 Å². The lowest BCUT2D eigenvalue weighted by Gasteiger charge is -2.38. The van der Waals surface area contributed by atoms with E-state index in [1.807, 2.05) is 0 Å². The topological polar surface area (TPSA) is 83.9 Å². The summed E-state index contributed by atoms with van der Waals surface area (Å²) in [4.78, 5) is 38.2. The first kappa shape index (κ1) is 14.9. The Bertz CT molecular complexity index is 752. The van der Waals surface area contributed by atoms with Gasteiger partial charge in [0.2, 0.25) is 11.8 Å². The maximum Gasteiger partial charge on any atom is 0.339 e. The summed E-state index contributed by atoms with van der Waals surface area (Å²) in [6, 6.07) is 4.31. The van der Waals surface area contributed by atoms with Crippen molar-refractivity contribution >= 4 is 23.5 Å². The normalized spacial score (nSPS) is 30.6. The maximum atomic E-state index is 12.9. The largest absolute Gasteiger partial charge is 0.496 e. The van der Waals surface area contributed by atoms with Crippen LogP contribution >= 0.6 is 0 Å². The van der Waals surface area contributed by atoms with Crippen molar-refractivity contribution in [2.45, 2.75) is 12.8 Å². The van der Waals surface area contributed by atoms with Crippen LogP contribution in [0.25, 0.3) is 0 Å². The molecule has 1 aliphatic heterocycles. The number of imide groups is 1. The predicted octanol–water partition coefficient (Wildman–Crippen LogP) is 2.09. The summed E-state index contributed by atoms with van der Waals surface area (Å²) < 4.78 is 5.11. The van der Waals surface area contributed by atoms with E-state index in [1.54, 1.807) is 0 Å². The van der Waals surface area contributed by atoms with Gasteiger partial charge in [0.05, 0.1) is 24.6 Å². The number of methoxy groups -OCH3 is 1. The van der Waals surface area contributed by atoms with Gasteiger partial charge in [0.1, 0.15) is 11.3 Å². The predicted molar refractivity (Wildman–Crippen MR) is 84.8 cm³/mol. The molecule has 1 saturated heterocycles. The summed E-state index contributed by atoms with van der Waals surface area (Å²) in [6.45, 7) is 0. The Morgan fingerprint density at radius 3 is 2.17 bits per heavy atom. The van der Waals surface area contributed by atoms with Crippen molar-refractivity contribution in [1.82, 2.24) is 0 Å². The Kier molecular flexibility index (Phi) is 3.23. The summed E-state index contributed by atoms with van der Waals surface area (Å²) in [7, 11) is 1.36. The van der Waals surface area contributed by atoms with E-state index in [0.717, 1.165) is 12.8 Å². The zero-order valence-corrected chi connectivity index (χ0v) is 13.1. The summed E-state index contributed by atoms with van der Waals surface area (Å²) in [6.07, 6.45) is 6.02. The monoisotopic (exact) mass is 327 g/mol. The molecule has 2 fully saturated rings. The SMILES string of the molecule is COc1cc(N2C(=O)[C@@H]3[C@H](C2=O)[C@@H]2C=C[C@H]3CC2)ccc1C(=O)O. The highest BCUT2D eigenvalue weighted by molar-refractivity contribution is 6.22. The van der Waals surface area contributed by atoms with Gasteiger partial charge in [-0.1, -0.05) is 12.2 Å². The number of carbonyl (C=O) groups is 3. The zero-order valence-electron chi connectivity index (χ0n) is 13.1. The number of hydrogen-bond acceptors (Lipinski definition) is 4. The van der Waals surface area contributed by atoms with Gasteiger partial charge < -0.3 is 9.84 Å². The van der Waals surface area contributed by atoms with Crippen LogP contribution in [0.3, 0.4) is 0 Å². The number of allylic oxidation sites excluding steroid dienone is 2. The Morgan fingerprint density at radius 2 is 1.71 bits per heavy atom. The minimum atomic E-state index is -1.12. The molecule has 0 unspecified atom stereocenters. The lowest BCUT2D eigenvalue weighted by molar-refractivity contribution is -0.124. The highest BCUT2D eigenvalue weighted by Crippen LogP contribution is 2.50. The van der Waals surface area contributed by atoms with Crippen LogP contribution in [0.5, 0.6) is 5.75 Å². The first-order chi connectivity index (χ1) is 11.5. The highest BCUT2D eigenvalue weighted by atomic mass is 16.5. The fraction of sp³-hybridized carbons (Fsp3) is 0.389. The summed E-state index contributed by atoms with van der Waals surface area (Å²) >= 11 is 0. The lowest BCUT2D eigenvalue weighted by atomic mass is 9.63. The molecule has 6 heteroatoms. The van der Waals surface area contributed by atoms with Gasteiger partial charge >= 0.3 is 5.97 Å². The Labute approximate surface area is 138 Å². The second-order valence-corrected chi connectivity index (χ2v) is 6.54. The number of nitrogens with zero attached hydrogens (tertiary/aromatic N) is 1. The molecule has 24 heavy (non-hydrogen) atoms. The molecule has 0 radical (unpaired) electrons. The van der Waals surface area contributed by atoms with Crippen molar-refractivity contribution in [3.63, 3.8) is 0 Å². The van der Waals surface area contributed by atoms with Crippen molar-refractivity contribution in [2.24, 2.45) is 23.7 Å². The molecular weight excluding hydrogens is 310 g/mol. The summed E-state index contributed by atoms with van der Waals surface area (Å²) in [5.41, 5.74) is 0.375. The smallest absolute Gasteiger partial charge is 0.339 e. The van der Waals surface area contributed by atoms with Gasteiger partial charge in [-0.25, -0.2) is 9.69 Å². The van der Waals surface area contributed by atoms with Gasteiger partial charge in [-0.2, -0.15) is 0 Å². The van der Waals surface area contributed by atoms with E-state index in [2.05, 4.69) is 12.2 Å². The van der Waals surface area contributed by atoms with Gasteiger partial charge in [-0.05, 0) is 36.8 Å².